The highest BCUT2D eigenvalue weighted by molar-refractivity contribution is 6.25. The Morgan fingerprint density at radius 1 is 1.06 bits per heavy atom. The first-order valence-corrected chi connectivity index (χ1v) is 14.0. The number of nitrogens with zero attached hydrogens (tertiary/aromatic N) is 2. The summed E-state index contributed by atoms with van der Waals surface area (Å²) in [4.78, 5) is 5.97. The van der Waals surface area contributed by atoms with Gasteiger partial charge in [0.25, 0.3) is 0 Å². The summed E-state index contributed by atoms with van der Waals surface area (Å²) in [5, 5.41) is 24.7. The van der Waals surface area contributed by atoms with Crippen LogP contribution in [0.2, 0.25) is 0 Å². The smallest absolute Gasteiger partial charge is 0.0958 e. The maximum Gasteiger partial charge on any atom is 0.0958 e. The molecule has 9 atom stereocenters. The van der Waals surface area contributed by atoms with Crippen LogP contribution in [0, 0.1) is 17.3 Å². The minimum absolute atomic E-state index is 0.0331. The minimum Gasteiger partial charge on any atom is -0.390 e. The van der Waals surface area contributed by atoms with Gasteiger partial charge in [0.15, 0.2) is 0 Å². The molecule has 2 saturated carbocycles. The molecule has 4 fully saturated rings. The molecule has 3 aliphatic carbocycles. The van der Waals surface area contributed by atoms with Gasteiger partial charge in [-0.25, -0.2) is 0 Å². The third-order valence-corrected chi connectivity index (χ3v) is 11.8. The minimum atomic E-state index is -0.813. The number of likely N-dealkylation sites (N-methyl/N-ethyl adjacent to an activating group) is 1. The molecular weight excluding hydrogens is 472 g/mol. The lowest BCUT2D eigenvalue weighted by atomic mass is 9.52. The summed E-state index contributed by atoms with van der Waals surface area (Å²) in [5.74, 6) is 0.166. The molecular formula is C30H37ClN2O3. The third kappa shape index (κ3) is 2.79. The Kier molecular flexibility index (Phi) is 4.94. The first-order valence-electron chi connectivity index (χ1n) is 13.6. The zero-order valence-electron chi connectivity index (χ0n) is 21.5. The molecule has 5 nitrogen and oxygen atoms in total. The number of fused-ring (bicyclic) bond motifs is 2. The van der Waals surface area contributed by atoms with Gasteiger partial charge < -0.3 is 19.8 Å². The largest absolute Gasteiger partial charge is 0.390 e. The van der Waals surface area contributed by atoms with Crippen LogP contribution in [0.4, 0.5) is 0 Å². The predicted molar refractivity (Wildman–Crippen MR) is 142 cm³/mol. The van der Waals surface area contributed by atoms with E-state index in [1.807, 2.05) is 31.4 Å². The number of allylic oxidation sites excluding steroid dienone is 2. The first kappa shape index (κ1) is 23.6. The van der Waals surface area contributed by atoms with Gasteiger partial charge in [-0.05, 0) is 87.0 Å². The van der Waals surface area contributed by atoms with Gasteiger partial charge in [0.2, 0.25) is 0 Å². The molecule has 2 bridgehead atoms. The molecule has 1 aromatic carbocycles. The van der Waals surface area contributed by atoms with Crippen molar-refractivity contribution in [3.63, 3.8) is 0 Å². The van der Waals surface area contributed by atoms with E-state index in [-0.39, 0.29) is 17.4 Å². The zero-order chi connectivity index (χ0) is 25.1. The first-order chi connectivity index (χ1) is 17.1. The Balaban J connectivity index is 1.30. The zero-order valence-corrected chi connectivity index (χ0v) is 22.2. The van der Waals surface area contributed by atoms with Gasteiger partial charge >= 0.3 is 0 Å². The summed E-state index contributed by atoms with van der Waals surface area (Å²) in [7, 11) is 3.97. The topological polar surface area (TPSA) is 65.8 Å². The van der Waals surface area contributed by atoms with Gasteiger partial charge in [-0.3, -0.25) is 4.98 Å². The number of aliphatic hydroxyl groups is 2. The molecule has 5 aliphatic rings. The predicted octanol–water partition coefficient (Wildman–Crippen LogP) is 4.78. The van der Waals surface area contributed by atoms with E-state index in [2.05, 4.69) is 42.2 Å². The third-order valence-electron chi connectivity index (χ3n) is 11.2. The number of aliphatic hydroxyl groups excluding tert-OH is 2. The Bertz CT molecular complexity index is 1260. The molecule has 3 heterocycles. The molecule has 0 radical (unpaired) electrons. The van der Waals surface area contributed by atoms with Crippen molar-refractivity contribution in [2.75, 3.05) is 14.1 Å². The van der Waals surface area contributed by atoms with Crippen molar-refractivity contribution in [1.82, 2.24) is 9.88 Å². The van der Waals surface area contributed by atoms with E-state index in [0.29, 0.717) is 12.3 Å². The molecule has 7 rings (SSSR count). The molecule has 9 unspecified atom stereocenters. The lowest BCUT2D eigenvalue weighted by molar-refractivity contribution is -0.276. The van der Waals surface area contributed by atoms with E-state index in [0.717, 1.165) is 38.5 Å². The maximum absolute atomic E-state index is 11.3. The molecule has 2 N–H and O–H groups in total. The van der Waals surface area contributed by atoms with Crippen molar-refractivity contribution in [3.05, 3.63) is 48.3 Å². The van der Waals surface area contributed by atoms with Crippen molar-refractivity contribution >= 4 is 27.9 Å². The van der Waals surface area contributed by atoms with Crippen LogP contribution in [0.15, 0.2) is 42.7 Å². The maximum atomic E-state index is 11.3. The number of ether oxygens (including phenoxy) is 1. The monoisotopic (exact) mass is 508 g/mol. The Morgan fingerprint density at radius 2 is 1.89 bits per heavy atom. The van der Waals surface area contributed by atoms with Crippen molar-refractivity contribution < 1.29 is 14.9 Å². The molecule has 36 heavy (non-hydrogen) atoms. The van der Waals surface area contributed by atoms with Crippen molar-refractivity contribution in [1.29, 1.82) is 0 Å². The second-order valence-corrected chi connectivity index (χ2v) is 13.5. The van der Waals surface area contributed by atoms with E-state index < -0.39 is 28.3 Å². The lowest BCUT2D eigenvalue weighted by Crippen LogP contribution is -2.72. The van der Waals surface area contributed by atoms with E-state index in [9.17, 15) is 10.2 Å². The molecule has 192 valence electrons. The quantitative estimate of drug-likeness (QED) is 0.571. The van der Waals surface area contributed by atoms with Crippen LogP contribution in [0.5, 0.6) is 0 Å². The van der Waals surface area contributed by atoms with Gasteiger partial charge in [-0.15, -0.1) is 11.6 Å². The lowest BCUT2D eigenvalue weighted by Gasteiger charge is -2.65. The number of hydrogen-bond donors (Lipinski definition) is 2. The summed E-state index contributed by atoms with van der Waals surface area (Å²) >= 11 is 7.65. The second kappa shape index (κ2) is 7.54. The Morgan fingerprint density at radius 3 is 2.69 bits per heavy atom. The highest BCUT2D eigenvalue weighted by Gasteiger charge is 2.76. The fourth-order valence-corrected chi connectivity index (χ4v) is 9.85. The average molecular weight is 509 g/mol. The number of rotatable bonds is 2. The number of benzene rings is 1. The molecule has 2 spiro atoms. The van der Waals surface area contributed by atoms with Gasteiger partial charge in [0.05, 0.1) is 28.3 Å². The highest BCUT2D eigenvalue weighted by Crippen LogP contribution is 2.73. The average Bonchev–Trinajstić information content (AvgIpc) is 3.39. The molecule has 1 aromatic heterocycles. The fourth-order valence-electron chi connectivity index (χ4n) is 9.33. The van der Waals surface area contributed by atoms with Gasteiger partial charge in [0.1, 0.15) is 0 Å². The summed E-state index contributed by atoms with van der Waals surface area (Å²) in [6.45, 7) is 2.43. The molecule has 2 aromatic rings. The number of alkyl halides is 1. The molecule has 2 aliphatic heterocycles. The highest BCUT2D eigenvalue weighted by atomic mass is 35.5. The summed E-state index contributed by atoms with van der Waals surface area (Å²) in [6, 6.07) is 8.54. The summed E-state index contributed by atoms with van der Waals surface area (Å²) in [6.07, 6.45) is 10.8. The van der Waals surface area contributed by atoms with E-state index in [1.54, 1.807) is 0 Å². The van der Waals surface area contributed by atoms with Crippen LogP contribution in [0.25, 0.3) is 16.3 Å². The van der Waals surface area contributed by atoms with Gasteiger partial charge in [-0.2, -0.15) is 0 Å². The van der Waals surface area contributed by atoms with Gasteiger partial charge in [0, 0.05) is 35.7 Å². The SMILES string of the molecule is CN(C)C1CC23CCC4(O2)C2CC=C(c5cccc6ccncc56)C2(C)CCC4(Cl)CC3C(O)C1O. The second-order valence-electron chi connectivity index (χ2n) is 12.8. The molecule has 6 heteroatoms. The van der Waals surface area contributed by atoms with Crippen molar-refractivity contribution in [3.8, 4) is 0 Å². The van der Waals surface area contributed by atoms with Gasteiger partial charge in [-0.1, -0.05) is 31.2 Å². The number of halogens is 1. The van der Waals surface area contributed by atoms with Crippen molar-refractivity contribution in [2.45, 2.75) is 86.2 Å². The molecule has 0 amide bonds. The van der Waals surface area contributed by atoms with Crippen LogP contribution in [-0.4, -0.2) is 68.5 Å². The normalized spacial score (nSPS) is 47.4. The fraction of sp³-hybridized carbons (Fsp3) is 0.633. The van der Waals surface area contributed by atoms with Crippen LogP contribution in [0.1, 0.15) is 57.4 Å². The number of hydrogen-bond acceptors (Lipinski definition) is 5. The number of aromatic nitrogens is 1. The van der Waals surface area contributed by atoms with Crippen LogP contribution in [-0.2, 0) is 4.74 Å². The van der Waals surface area contributed by atoms with Crippen molar-refractivity contribution in [2.24, 2.45) is 17.3 Å². The standard InChI is InChI=1S/C30H37ClN2O3/c1-27-10-12-29(31)15-22-25(34)26(35)23(33(2)3)16-28(22)11-13-30(29,36-28)24(27)8-7-21(27)19-6-4-5-18-9-14-32-17-20(18)19/h4-7,9,14,17,22-26,34-35H,8,10-13,15-16H2,1-3H3. The van der Waals surface area contributed by atoms with E-state index in [1.165, 1.54) is 21.9 Å². The van der Waals surface area contributed by atoms with E-state index >= 15 is 0 Å². The Labute approximate surface area is 218 Å². The van der Waals surface area contributed by atoms with Crippen LogP contribution in [0.3, 0.4) is 0 Å². The Hall–Kier alpha value is -1.50. The number of pyridine rings is 1. The van der Waals surface area contributed by atoms with Crippen LogP contribution >= 0.6 is 11.6 Å². The molecule has 2 saturated heterocycles. The summed E-state index contributed by atoms with van der Waals surface area (Å²) in [5.41, 5.74) is 1.83. The van der Waals surface area contributed by atoms with E-state index in [4.69, 9.17) is 16.3 Å². The van der Waals surface area contributed by atoms with Crippen LogP contribution < -0.4 is 0 Å². The summed E-state index contributed by atoms with van der Waals surface area (Å²) < 4.78 is 7.36.